The number of aromatic nitrogens is 3. The van der Waals surface area contributed by atoms with Crippen LogP contribution < -0.4 is 11.1 Å². The molecular weight excluding hydrogens is 338 g/mol. The van der Waals surface area contributed by atoms with Crippen molar-refractivity contribution in [2.24, 2.45) is 0 Å². The molecule has 27 heavy (non-hydrogen) atoms. The maximum absolute atomic E-state index is 13.0. The number of fused-ring (bicyclic) bond motifs is 2. The van der Waals surface area contributed by atoms with E-state index in [1.165, 1.54) is 0 Å². The van der Waals surface area contributed by atoms with Crippen LogP contribution in [0, 0.1) is 0 Å². The average Bonchev–Trinajstić information content (AvgIpc) is 2.97. The van der Waals surface area contributed by atoms with Crippen LogP contribution in [0.25, 0.3) is 27.9 Å². The standard InChI is InChI=1S/C21H21N5O/c1-3-13(2)23-21(27)17-18-20(25-16-12-8-7-11-15(16)24-18)26(19(17)22)14-9-5-4-6-10-14/h4-13H,3,22H2,1-2H3,(H,23,27)/t13-/m1/s1. The van der Waals surface area contributed by atoms with Crippen LogP contribution in [0.15, 0.2) is 54.6 Å². The molecule has 6 heteroatoms. The fourth-order valence-corrected chi connectivity index (χ4v) is 3.12. The van der Waals surface area contributed by atoms with Crippen LogP contribution in [0.3, 0.4) is 0 Å². The second-order valence-corrected chi connectivity index (χ2v) is 6.60. The summed E-state index contributed by atoms with van der Waals surface area (Å²) >= 11 is 0. The summed E-state index contributed by atoms with van der Waals surface area (Å²) in [7, 11) is 0. The van der Waals surface area contributed by atoms with Crippen molar-refractivity contribution in [3.63, 3.8) is 0 Å². The number of benzene rings is 2. The lowest BCUT2D eigenvalue weighted by molar-refractivity contribution is 0.0941. The Bertz CT molecular complexity index is 1130. The number of nitrogens with two attached hydrogens (primary N) is 1. The molecule has 136 valence electrons. The summed E-state index contributed by atoms with van der Waals surface area (Å²) in [6.07, 6.45) is 0.831. The molecule has 0 aliphatic heterocycles. The van der Waals surface area contributed by atoms with E-state index >= 15 is 0 Å². The van der Waals surface area contributed by atoms with Gasteiger partial charge in [0.2, 0.25) is 0 Å². The van der Waals surface area contributed by atoms with Crippen molar-refractivity contribution in [2.45, 2.75) is 26.3 Å². The lowest BCUT2D eigenvalue weighted by atomic mass is 10.2. The minimum atomic E-state index is -0.230. The fourth-order valence-electron chi connectivity index (χ4n) is 3.12. The van der Waals surface area contributed by atoms with Crippen LogP contribution in [0.5, 0.6) is 0 Å². The second-order valence-electron chi connectivity index (χ2n) is 6.60. The quantitative estimate of drug-likeness (QED) is 0.582. The summed E-state index contributed by atoms with van der Waals surface area (Å²) in [5.74, 6) is 0.110. The van der Waals surface area contributed by atoms with Gasteiger partial charge in [0, 0.05) is 11.7 Å². The van der Waals surface area contributed by atoms with Gasteiger partial charge in [0.05, 0.1) is 11.0 Å². The molecule has 3 N–H and O–H groups in total. The van der Waals surface area contributed by atoms with Gasteiger partial charge in [-0.15, -0.1) is 0 Å². The van der Waals surface area contributed by atoms with Crippen molar-refractivity contribution < 1.29 is 4.79 Å². The summed E-state index contributed by atoms with van der Waals surface area (Å²) in [6.45, 7) is 3.99. The molecule has 0 radical (unpaired) electrons. The van der Waals surface area contributed by atoms with Gasteiger partial charge in [-0.05, 0) is 37.6 Å². The van der Waals surface area contributed by atoms with E-state index in [0.717, 1.165) is 23.1 Å². The number of anilines is 1. The van der Waals surface area contributed by atoms with E-state index in [0.29, 0.717) is 22.5 Å². The number of carbonyl (C=O) groups is 1. The minimum Gasteiger partial charge on any atom is -0.384 e. The van der Waals surface area contributed by atoms with E-state index < -0.39 is 0 Å². The van der Waals surface area contributed by atoms with E-state index in [9.17, 15) is 4.79 Å². The Morgan fingerprint density at radius 2 is 1.70 bits per heavy atom. The Morgan fingerprint density at radius 1 is 1.07 bits per heavy atom. The highest BCUT2D eigenvalue weighted by atomic mass is 16.1. The average molecular weight is 359 g/mol. The maximum atomic E-state index is 13.0. The summed E-state index contributed by atoms with van der Waals surface area (Å²) in [6, 6.07) is 17.3. The van der Waals surface area contributed by atoms with Crippen molar-refractivity contribution >= 4 is 33.9 Å². The normalized spacial score (nSPS) is 12.4. The largest absolute Gasteiger partial charge is 0.384 e. The minimum absolute atomic E-state index is 0.0421. The molecule has 2 heterocycles. The molecule has 0 aliphatic carbocycles. The van der Waals surface area contributed by atoms with Gasteiger partial charge in [-0.25, -0.2) is 9.97 Å². The van der Waals surface area contributed by atoms with E-state index in [4.69, 9.17) is 15.7 Å². The third-order valence-electron chi connectivity index (χ3n) is 4.73. The third kappa shape index (κ3) is 2.89. The van der Waals surface area contributed by atoms with Crippen molar-refractivity contribution in [2.75, 3.05) is 5.73 Å². The van der Waals surface area contributed by atoms with Gasteiger partial charge in [0.25, 0.3) is 5.91 Å². The van der Waals surface area contributed by atoms with Gasteiger partial charge in [0.15, 0.2) is 5.65 Å². The van der Waals surface area contributed by atoms with Gasteiger partial charge in [-0.2, -0.15) is 0 Å². The lowest BCUT2D eigenvalue weighted by Crippen LogP contribution is -2.32. The first-order valence-electron chi connectivity index (χ1n) is 9.03. The molecule has 0 fully saturated rings. The Labute approximate surface area is 157 Å². The topological polar surface area (TPSA) is 85.8 Å². The van der Waals surface area contributed by atoms with Gasteiger partial charge >= 0.3 is 0 Å². The summed E-state index contributed by atoms with van der Waals surface area (Å²) in [4.78, 5) is 22.4. The van der Waals surface area contributed by atoms with Crippen LogP contribution in [0.4, 0.5) is 5.82 Å². The number of amides is 1. The number of nitrogen functional groups attached to an aromatic ring is 1. The Morgan fingerprint density at radius 3 is 2.37 bits per heavy atom. The van der Waals surface area contributed by atoms with Crippen molar-refractivity contribution in [3.05, 3.63) is 60.2 Å². The predicted molar refractivity (Wildman–Crippen MR) is 108 cm³/mol. The number of para-hydroxylation sites is 3. The first kappa shape index (κ1) is 17.0. The number of nitrogens with one attached hydrogen (secondary N) is 1. The fraction of sp³-hybridized carbons (Fsp3) is 0.190. The molecule has 0 unspecified atom stereocenters. The number of hydrogen-bond acceptors (Lipinski definition) is 4. The predicted octanol–water partition coefficient (Wildman–Crippen LogP) is 3.68. The lowest BCUT2D eigenvalue weighted by Gasteiger charge is -2.11. The van der Waals surface area contributed by atoms with E-state index in [1.807, 2.05) is 68.4 Å². The molecule has 2 aromatic heterocycles. The summed E-state index contributed by atoms with van der Waals surface area (Å²) in [5.41, 5.74) is 10.2. The van der Waals surface area contributed by atoms with Gasteiger partial charge in [0.1, 0.15) is 16.9 Å². The molecular formula is C21H21N5O. The molecule has 4 aromatic rings. The summed E-state index contributed by atoms with van der Waals surface area (Å²) in [5, 5.41) is 2.99. The van der Waals surface area contributed by atoms with Crippen LogP contribution >= 0.6 is 0 Å². The zero-order chi connectivity index (χ0) is 19.0. The number of rotatable bonds is 4. The Hall–Kier alpha value is -3.41. The maximum Gasteiger partial charge on any atom is 0.257 e. The van der Waals surface area contributed by atoms with Crippen molar-refractivity contribution in [3.8, 4) is 5.69 Å². The number of carbonyl (C=O) groups excluding carboxylic acids is 1. The zero-order valence-electron chi connectivity index (χ0n) is 15.3. The van der Waals surface area contributed by atoms with Crippen molar-refractivity contribution in [1.82, 2.24) is 19.9 Å². The van der Waals surface area contributed by atoms with Gasteiger partial charge in [-0.3, -0.25) is 9.36 Å². The van der Waals surface area contributed by atoms with Crippen LogP contribution in [0.1, 0.15) is 30.6 Å². The van der Waals surface area contributed by atoms with Gasteiger partial charge < -0.3 is 11.1 Å². The third-order valence-corrected chi connectivity index (χ3v) is 4.73. The molecule has 4 rings (SSSR count). The second kappa shape index (κ2) is 6.72. The van der Waals surface area contributed by atoms with E-state index in [1.54, 1.807) is 4.57 Å². The highest BCUT2D eigenvalue weighted by molar-refractivity contribution is 6.11. The highest BCUT2D eigenvalue weighted by Gasteiger charge is 2.25. The van der Waals surface area contributed by atoms with E-state index in [2.05, 4.69) is 5.32 Å². The molecule has 0 spiro atoms. The van der Waals surface area contributed by atoms with Crippen LogP contribution in [-0.2, 0) is 0 Å². The highest BCUT2D eigenvalue weighted by Crippen LogP contribution is 2.30. The SMILES string of the molecule is CC[C@@H](C)NC(=O)c1c(N)n(-c2ccccc2)c2nc3ccccc3nc12. The first-order valence-corrected chi connectivity index (χ1v) is 9.03. The van der Waals surface area contributed by atoms with Crippen LogP contribution in [-0.4, -0.2) is 26.5 Å². The molecule has 1 amide bonds. The van der Waals surface area contributed by atoms with Gasteiger partial charge in [-0.1, -0.05) is 37.3 Å². The smallest absolute Gasteiger partial charge is 0.257 e. The number of nitrogens with zero attached hydrogens (tertiary/aromatic N) is 3. The molecule has 0 bridgehead atoms. The monoisotopic (exact) mass is 359 g/mol. The van der Waals surface area contributed by atoms with Crippen LogP contribution in [0.2, 0.25) is 0 Å². The Kier molecular flexibility index (Phi) is 4.24. The van der Waals surface area contributed by atoms with Crippen molar-refractivity contribution in [1.29, 1.82) is 0 Å². The molecule has 0 saturated heterocycles. The zero-order valence-corrected chi connectivity index (χ0v) is 15.3. The number of hydrogen-bond donors (Lipinski definition) is 2. The molecule has 0 saturated carbocycles. The Balaban J connectivity index is 2.03. The molecule has 1 atom stereocenters. The molecule has 2 aromatic carbocycles. The molecule has 0 aliphatic rings. The van der Waals surface area contributed by atoms with E-state index in [-0.39, 0.29) is 11.9 Å². The first-order chi connectivity index (χ1) is 13.1. The molecule has 6 nitrogen and oxygen atoms in total. The summed E-state index contributed by atoms with van der Waals surface area (Å²) < 4.78 is 1.79.